The van der Waals surface area contributed by atoms with Crippen LogP contribution in [0.1, 0.15) is 12.0 Å². The lowest BCUT2D eigenvalue weighted by molar-refractivity contribution is -0.137. The molecule has 0 radical (unpaired) electrons. The molecule has 0 aliphatic carbocycles. The van der Waals surface area contributed by atoms with E-state index >= 15 is 0 Å². The van der Waals surface area contributed by atoms with Crippen LogP contribution < -0.4 is 4.90 Å². The van der Waals surface area contributed by atoms with E-state index in [1.54, 1.807) is 12.1 Å². The number of aromatic amines is 1. The van der Waals surface area contributed by atoms with Gasteiger partial charge in [-0.25, -0.2) is 4.39 Å². The first-order chi connectivity index (χ1) is 15.1. The maximum atomic E-state index is 14.3. The largest absolute Gasteiger partial charge is 0.340 e. The number of fused-ring (bicyclic) bond motifs is 1. The molecule has 5 rings (SSSR count). The Labute approximate surface area is 179 Å². The van der Waals surface area contributed by atoms with E-state index in [0.29, 0.717) is 24.0 Å². The molecule has 2 aromatic carbocycles. The highest BCUT2D eigenvalue weighted by Crippen LogP contribution is 2.32. The van der Waals surface area contributed by atoms with Gasteiger partial charge in [0.2, 0.25) is 11.8 Å². The third kappa shape index (κ3) is 3.79. The molecule has 1 aromatic heterocycles. The Morgan fingerprint density at radius 3 is 2.61 bits per heavy atom. The number of carbonyl (C=O) groups excluding carboxylic acids is 2. The Balaban J connectivity index is 1.23. The van der Waals surface area contributed by atoms with Crippen LogP contribution in [0.15, 0.2) is 48.5 Å². The summed E-state index contributed by atoms with van der Waals surface area (Å²) in [5.74, 6) is -0.792. The van der Waals surface area contributed by atoms with Crippen LogP contribution in [-0.2, 0) is 16.1 Å². The molecule has 2 fully saturated rings. The zero-order chi connectivity index (χ0) is 21.4. The fourth-order valence-electron chi connectivity index (χ4n) is 4.51. The van der Waals surface area contributed by atoms with Crippen LogP contribution in [0.2, 0.25) is 0 Å². The Morgan fingerprint density at radius 1 is 1.06 bits per heavy atom. The minimum Gasteiger partial charge on any atom is -0.340 e. The molecule has 2 aliphatic heterocycles. The smallest absolute Gasteiger partial charge is 0.229 e. The van der Waals surface area contributed by atoms with Crippen molar-refractivity contribution in [3.8, 4) is 0 Å². The summed E-state index contributed by atoms with van der Waals surface area (Å²) in [6.07, 6.45) is 0.131. The van der Waals surface area contributed by atoms with E-state index in [2.05, 4.69) is 27.2 Å². The van der Waals surface area contributed by atoms with E-state index in [1.165, 1.54) is 16.5 Å². The average molecular weight is 421 g/mol. The van der Waals surface area contributed by atoms with Gasteiger partial charge in [-0.1, -0.05) is 36.4 Å². The Hall–Kier alpha value is -3.26. The maximum Gasteiger partial charge on any atom is 0.229 e. The number of piperazine rings is 1. The lowest BCUT2D eigenvalue weighted by Gasteiger charge is -2.35. The summed E-state index contributed by atoms with van der Waals surface area (Å²) in [5, 5.41) is 7.22. The molecule has 1 N–H and O–H groups in total. The number of hydrogen-bond donors (Lipinski definition) is 1. The van der Waals surface area contributed by atoms with Crippen LogP contribution in [0.4, 0.5) is 10.2 Å². The third-order valence-corrected chi connectivity index (χ3v) is 6.18. The third-order valence-electron chi connectivity index (χ3n) is 6.18. The first-order valence-corrected chi connectivity index (χ1v) is 10.6. The summed E-state index contributed by atoms with van der Waals surface area (Å²) >= 11 is 0. The Bertz CT molecular complexity index is 1110. The van der Waals surface area contributed by atoms with Gasteiger partial charge in [-0.3, -0.25) is 24.5 Å². The average Bonchev–Trinajstić information content (AvgIpc) is 3.39. The number of hydrogen-bond acceptors (Lipinski definition) is 4. The van der Waals surface area contributed by atoms with Gasteiger partial charge in [0.1, 0.15) is 5.82 Å². The van der Waals surface area contributed by atoms with Gasteiger partial charge in [0.25, 0.3) is 0 Å². The van der Waals surface area contributed by atoms with E-state index in [0.717, 1.165) is 19.6 Å². The van der Waals surface area contributed by atoms with Crippen molar-refractivity contribution in [2.75, 3.05) is 37.6 Å². The minimum absolute atomic E-state index is 0.00414. The van der Waals surface area contributed by atoms with E-state index in [1.807, 2.05) is 23.1 Å². The molecular formula is C23H24FN5O2. The molecule has 3 aromatic rings. The first-order valence-electron chi connectivity index (χ1n) is 10.6. The van der Waals surface area contributed by atoms with Crippen molar-refractivity contribution in [2.24, 2.45) is 5.92 Å². The number of amides is 2. The first kappa shape index (κ1) is 19.7. The number of aromatic nitrogens is 2. The normalized spacial score (nSPS) is 20.0. The summed E-state index contributed by atoms with van der Waals surface area (Å²) in [6, 6.07) is 14.9. The second-order valence-corrected chi connectivity index (χ2v) is 8.20. The monoisotopic (exact) mass is 421 g/mol. The molecule has 31 heavy (non-hydrogen) atoms. The Kier molecular flexibility index (Phi) is 5.15. The predicted molar refractivity (Wildman–Crippen MR) is 115 cm³/mol. The number of nitrogens with zero attached hydrogens (tertiary/aromatic N) is 4. The summed E-state index contributed by atoms with van der Waals surface area (Å²) in [6.45, 7) is 4.01. The van der Waals surface area contributed by atoms with Crippen molar-refractivity contribution in [1.82, 2.24) is 20.0 Å². The molecule has 0 spiro atoms. The number of nitrogens with one attached hydrogen (secondary N) is 1. The topological polar surface area (TPSA) is 72.5 Å². The van der Waals surface area contributed by atoms with Crippen molar-refractivity contribution >= 4 is 28.5 Å². The molecular weight excluding hydrogens is 397 g/mol. The minimum atomic E-state index is -0.432. The van der Waals surface area contributed by atoms with Crippen molar-refractivity contribution in [3.05, 3.63) is 59.9 Å². The fraction of sp³-hybridized carbons (Fsp3) is 0.348. The van der Waals surface area contributed by atoms with Gasteiger partial charge >= 0.3 is 0 Å². The molecule has 1 unspecified atom stereocenters. The second kappa shape index (κ2) is 8.11. The number of benzene rings is 2. The summed E-state index contributed by atoms with van der Waals surface area (Å²) in [7, 11) is 0. The molecule has 160 valence electrons. The highest BCUT2D eigenvalue weighted by Gasteiger charge is 2.39. The van der Waals surface area contributed by atoms with Crippen LogP contribution in [0.3, 0.4) is 0 Å². The lowest BCUT2D eigenvalue weighted by atomic mass is 10.1. The van der Waals surface area contributed by atoms with Crippen molar-refractivity contribution in [1.29, 1.82) is 0 Å². The quantitative estimate of drug-likeness (QED) is 0.702. The summed E-state index contributed by atoms with van der Waals surface area (Å²) in [4.78, 5) is 31.4. The zero-order valence-corrected chi connectivity index (χ0v) is 17.1. The van der Waals surface area contributed by atoms with Gasteiger partial charge in [0, 0.05) is 45.7 Å². The number of anilines is 1. The molecule has 0 bridgehead atoms. The number of carbonyl (C=O) groups is 2. The molecule has 1 atom stereocenters. The van der Waals surface area contributed by atoms with Gasteiger partial charge < -0.3 is 4.90 Å². The van der Waals surface area contributed by atoms with Crippen LogP contribution in [0.5, 0.6) is 0 Å². The Morgan fingerprint density at radius 2 is 1.84 bits per heavy atom. The maximum absolute atomic E-state index is 14.3. The lowest BCUT2D eigenvalue weighted by Crippen LogP contribution is -2.50. The molecule has 7 nitrogen and oxygen atoms in total. The van der Waals surface area contributed by atoms with Gasteiger partial charge in [-0.2, -0.15) is 5.10 Å². The van der Waals surface area contributed by atoms with Crippen molar-refractivity contribution in [2.45, 2.75) is 13.0 Å². The molecule has 8 heteroatoms. The van der Waals surface area contributed by atoms with E-state index in [-0.39, 0.29) is 30.6 Å². The predicted octanol–water partition coefficient (Wildman–Crippen LogP) is 2.40. The van der Waals surface area contributed by atoms with Gasteiger partial charge in [-0.05, 0) is 17.7 Å². The standard InChI is InChI=1S/C23H24FN5O2/c24-18-7-4-8-19-21(18)22(26-25-19)29-15-17(13-20(29)30)23(31)28-11-9-27(10-12-28)14-16-5-2-1-3-6-16/h1-8,17H,9-15H2,(H,25,26). The fourth-order valence-corrected chi connectivity index (χ4v) is 4.51. The van der Waals surface area contributed by atoms with Gasteiger partial charge in [-0.15, -0.1) is 0 Å². The zero-order valence-electron chi connectivity index (χ0n) is 17.1. The van der Waals surface area contributed by atoms with E-state index < -0.39 is 11.7 Å². The van der Waals surface area contributed by atoms with Gasteiger partial charge in [0.05, 0.1) is 16.8 Å². The molecule has 3 heterocycles. The molecule has 0 saturated carbocycles. The number of halogens is 1. The highest BCUT2D eigenvalue weighted by atomic mass is 19.1. The SMILES string of the molecule is O=C(C1CC(=O)N(c2n[nH]c3cccc(F)c23)C1)N1CCN(Cc2ccccc2)CC1. The summed E-state index contributed by atoms with van der Waals surface area (Å²) < 4.78 is 14.3. The van der Waals surface area contributed by atoms with Crippen LogP contribution in [0.25, 0.3) is 10.9 Å². The van der Waals surface area contributed by atoms with E-state index in [9.17, 15) is 14.0 Å². The second-order valence-electron chi connectivity index (χ2n) is 8.20. The molecule has 2 amide bonds. The molecule has 2 saturated heterocycles. The van der Waals surface area contributed by atoms with E-state index in [4.69, 9.17) is 0 Å². The van der Waals surface area contributed by atoms with Crippen molar-refractivity contribution in [3.63, 3.8) is 0 Å². The highest BCUT2D eigenvalue weighted by molar-refractivity contribution is 6.05. The van der Waals surface area contributed by atoms with Crippen molar-refractivity contribution < 1.29 is 14.0 Å². The van der Waals surface area contributed by atoms with Crippen LogP contribution in [0, 0.1) is 11.7 Å². The van der Waals surface area contributed by atoms with Crippen LogP contribution >= 0.6 is 0 Å². The molecule has 2 aliphatic rings. The van der Waals surface area contributed by atoms with Gasteiger partial charge in [0.15, 0.2) is 5.82 Å². The number of rotatable bonds is 4. The van der Waals surface area contributed by atoms with Crippen LogP contribution in [-0.4, -0.2) is 64.5 Å². The number of H-pyrrole nitrogens is 1. The summed E-state index contributed by atoms with van der Waals surface area (Å²) in [5.41, 5.74) is 1.80.